The molecule has 0 aromatic rings. The summed E-state index contributed by atoms with van der Waals surface area (Å²) in [5, 5.41) is 0. The normalized spacial score (nSPS) is 26.3. The van der Waals surface area contributed by atoms with E-state index in [0.717, 1.165) is 12.8 Å². The minimum atomic E-state index is 0.0909. The summed E-state index contributed by atoms with van der Waals surface area (Å²) in [6, 6.07) is 0.340. The SMILES string of the molecule is CCOCC(=O)N(C)C1CCCCC1Br. The van der Waals surface area contributed by atoms with E-state index < -0.39 is 0 Å². The molecule has 1 amide bonds. The molecule has 2 atom stereocenters. The van der Waals surface area contributed by atoms with Crippen LogP contribution in [0.4, 0.5) is 0 Å². The highest BCUT2D eigenvalue weighted by Gasteiger charge is 2.28. The van der Waals surface area contributed by atoms with Crippen LogP contribution in [0.2, 0.25) is 0 Å². The number of amides is 1. The van der Waals surface area contributed by atoms with Crippen LogP contribution in [-0.2, 0) is 9.53 Å². The number of likely N-dealkylation sites (N-methyl/N-ethyl adjacent to an activating group) is 1. The Labute approximate surface area is 100 Å². The van der Waals surface area contributed by atoms with Gasteiger partial charge in [0.15, 0.2) is 0 Å². The highest BCUT2D eigenvalue weighted by Crippen LogP contribution is 2.27. The summed E-state index contributed by atoms with van der Waals surface area (Å²) in [5.41, 5.74) is 0. The molecule has 15 heavy (non-hydrogen) atoms. The molecule has 4 heteroatoms. The van der Waals surface area contributed by atoms with Gasteiger partial charge in [-0.1, -0.05) is 28.8 Å². The van der Waals surface area contributed by atoms with Crippen LogP contribution in [0.3, 0.4) is 0 Å². The van der Waals surface area contributed by atoms with E-state index in [1.807, 2.05) is 18.9 Å². The quantitative estimate of drug-likeness (QED) is 0.738. The largest absolute Gasteiger partial charge is 0.372 e. The summed E-state index contributed by atoms with van der Waals surface area (Å²) in [6.07, 6.45) is 4.75. The highest BCUT2D eigenvalue weighted by molar-refractivity contribution is 9.09. The molecule has 0 bridgehead atoms. The average molecular weight is 278 g/mol. The Morgan fingerprint density at radius 2 is 2.13 bits per heavy atom. The number of nitrogens with zero attached hydrogens (tertiary/aromatic N) is 1. The van der Waals surface area contributed by atoms with Gasteiger partial charge in [-0.2, -0.15) is 0 Å². The van der Waals surface area contributed by atoms with Crippen LogP contribution < -0.4 is 0 Å². The molecule has 0 radical (unpaired) electrons. The molecule has 0 spiro atoms. The van der Waals surface area contributed by atoms with Gasteiger partial charge in [0.2, 0.25) is 5.91 Å². The number of halogens is 1. The summed E-state index contributed by atoms with van der Waals surface area (Å²) >= 11 is 3.66. The molecule has 0 aromatic heterocycles. The van der Waals surface area contributed by atoms with Gasteiger partial charge in [0.1, 0.15) is 6.61 Å². The molecule has 1 fully saturated rings. The van der Waals surface area contributed by atoms with E-state index in [1.165, 1.54) is 12.8 Å². The zero-order valence-corrected chi connectivity index (χ0v) is 11.1. The Balaban J connectivity index is 2.42. The van der Waals surface area contributed by atoms with E-state index in [9.17, 15) is 4.79 Å². The number of carbonyl (C=O) groups excluding carboxylic acids is 1. The standard InChI is InChI=1S/C11H20BrNO2/c1-3-15-8-11(14)13(2)10-7-5-4-6-9(10)12/h9-10H,3-8H2,1-2H3. The van der Waals surface area contributed by atoms with Crippen molar-refractivity contribution in [3.05, 3.63) is 0 Å². The molecule has 2 unspecified atom stereocenters. The minimum Gasteiger partial charge on any atom is -0.372 e. The fraction of sp³-hybridized carbons (Fsp3) is 0.909. The second-order valence-electron chi connectivity index (χ2n) is 4.01. The monoisotopic (exact) mass is 277 g/mol. The van der Waals surface area contributed by atoms with Gasteiger partial charge in [-0.3, -0.25) is 4.79 Å². The Kier molecular flexibility index (Phi) is 5.61. The molecule has 88 valence electrons. The second kappa shape index (κ2) is 6.48. The van der Waals surface area contributed by atoms with Crippen molar-refractivity contribution in [2.24, 2.45) is 0 Å². The molecule has 0 aliphatic heterocycles. The van der Waals surface area contributed by atoms with Gasteiger partial charge < -0.3 is 9.64 Å². The maximum Gasteiger partial charge on any atom is 0.248 e. The van der Waals surface area contributed by atoms with Crippen molar-refractivity contribution < 1.29 is 9.53 Å². The van der Waals surface area contributed by atoms with Crippen molar-refractivity contribution >= 4 is 21.8 Å². The van der Waals surface area contributed by atoms with Gasteiger partial charge in [-0.05, 0) is 19.8 Å². The van der Waals surface area contributed by atoms with Crippen LogP contribution in [0, 0.1) is 0 Å². The van der Waals surface area contributed by atoms with Crippen molar-refractivity contribution in [1.82, 2.24) is 4.90 Å². The lowest BCUT2D eigenvalue weighted by Crippen LogP contribution is -2.45. The van der Waals surface area contributed by atoms with E-state index in [0.29, 0.717) is 17.5 Å². The molecular weight excluding hydrogens is 258 g/mol. The van der Waals surface area contributed by atoms with Gasteiger partial charge in [0.25, 0.3) is 0 Å². The summed E-state index contributed by atoms with van der Waals surface area (Å²) in [5.74, 6) is 0.0909. The molecule has 3 nitrogen and oxygen atoms in total. The minimum absolute atomic E-state index is 0.0909. The van der Waals surface area contributed by atoms with Crippen molar-refractivity contribution in [1.29, 1.82) is 0 Å². The van der Waals surface area contributed by atoms with Crippen molar-refractivity contribution in [3.63, 3.8) is 0 Å². The fourth-order valence-electron chi connectivity index (χ4n) is 1.98. The Bertz CT molecular complexity index is 211. The van der Waals surface area contributed by atoms with Gasteiger partial charge in [0.05, 0.1) is 0 Å². The van der Waals surface area contributed by atoms with Crippen molar-refractivity contribution in [3.8, 4) is 0 Å². The summed E-state index contributed by atoms with van der Waals surface area (Å²) in [7, 11) is 1.88. The molecule has 1 rings (SSSR count). The van der Waals surface area contributed by atoms with Crippen molar-refractivity contribution in [2.75, 3.05) is 20.3 Å². The first-order chi connectivity index (χ1) is 7.16. The first kappa shape index (κ1) is 13.0. The summed E-state index contributed by atoms with van der Waals surface area (Å²) < 4.78 is 5.14. The smallest absolute Gasteiger partial charge is 0.248 e. The lowest BCUT2D eigenvalue weighted by atomic mass is 9.94. The lowest BCUT2D eigenvalue weighted by Gasteiger charge is -2.35. The van der Waals surface area contributed by atoms with Crippen LogP contribution in [-0.4, -0.2) is 41.9 Å². The molecule has 1 saturated carbocycles. The number of ether oxygens (including phenoxy) is 1. The predicted octanol–water partition coefficient (Wildman–Crippen LogP) is 2.19. The van der Waals surface area contributed by atoms with Gasteiger partial charge >= 0.3 is 0 Å². The van der Waals surface area contributed by atoms with Crippen LogP contribution in [0.15, 0.2) is 0 Å². The third-order valence-corrected chi connectivity index (χ3v) is 4.04. The van der Waals surface area contributed by atoms with E-state index in [-0.39, 0.29) is 12.5 Å². The third-order valence-electron chi connectivity index (χ3n) is 2.97. The first-order valence-electron chi connectivity index (χ1n) is 5.64. The van der Waals surface area contributed by atoms with E-state index in [4.69, 9.17) is 4.74 Å². The molecular formula is C11H20BrNO2. The maximum atomic E-state index is 11.7. The third kappa shape index (κ3) is 3.76. The van der Waals surface area contributed by atoms with E-state index in [1.54, 1.807) is 0 Å². The zero-order chi connectivity index (χ0) is 11.3. The van der Waals surface area contributed by atoms with E-state index in [2.05, 4.69) is 15.9 Å². The Morgan fingerprint density at radius 3 is 2.73 bits per heavy atom. The zero-order valence-electron chi connectivity index (χ0n) is 9.54. The number of rotatable bonds is 4. The Hall–Kier alpha value is -0.0900. The molecule has 0 saturated heterocycles. The Morgan fingerprint density at radius 1 is 1.47 bits per heavy atom. The molecule has 1 aliphatic carbocycles. The van der Waals surface area contributed by atoms with Crippen molar-refractivity contribution in [2.45, 2.75) is 43.5 Å². The molecule has 0 N–H and O–H groups in total. The highest BCUT2D eigenvalue weighted by atomic mass is 79.9. The van der Waals surface area contributed by atoms with Gasteiger partial charge in [-0.15, -0.1) is 0 Å². The van der Waals surface area contributed by atoms with Gasteiger partial charge in [-0.25, -0.2) is 0 Å². The van der Waals surface area contributed by atoms with Crippen LogP contribution >= 0.6 is 15.9 Å². The topological polar surface area (TPSA) is 29.5 Å². The van der Waals surface area contributed by atoms with Gasteiger partial charge in [0, 0.05) is 24.5 Å². The molecule has 1 aliphatic rings. The van der Waals surface area contributed by atoms with E-state index >= 15 is 0 Å². The van der Waals surface area contributed by atoms with Crippen LogP contribution in [0.25, 0.3) is 0 Å². The first-order valence-corrected chi connectivity index (χ1v) is 6.55. The fourth-order valence-corrected chi connectivity index (χ4v) is 2.92. The number of carbonyl (C=O) groups is 1. The number of hydrogen-bond acceptors (Lipinski definition) is 2. The number of hydrogen-bond donors (Lipinski definition) is 0. The average Bonchev–Trinajstić information content (AvgIpc) is 2.25. The molecule has 0 heterocycles. The maximum absolute atomic E-state index is 11.7. The predicted molar refractivity (Wildman–Crippen MR) is 64.2 cm³/mol. The van der Waals surface area contributed by atoms with Crippen LogP contribution in [0.5, 0.6) is 0 Å². The number of alkyl halides is 1. The lowest BCUT2D eigenvalue weighted by molar-refractivity contribution is -0.137. The van der Waals surface area contributed by atoms with Crippen LogP contribution in [0.1, 0.15) is 32.6 Å². The molecule has 0 aromatic carbocycles. The summed E-state index contributed by atoms with van der Waals surface area (Å²) in [4.78, 5) is 14.0. The summed E-state index contributed by atoms with van der Waals surface area (Å²) in [6.45, 7) is 2.71. The second-order valence-corrected chi connectivity index (χ2v) is 5.19.